The van der Waals surface area contributed by atoms with Gasteiger partial charge in [-0.3, -0.25) is 0 Å². The normalized spacial score (nSPS) is 12.1. The molecule has 0 saturated carbocycles. The van der Waals surface area contributed by atoms with Crippen LogP contribution in [0.25, 0.3) is 127 Å². The van der Waals surface area contributed by atoms with Crippen LogP contribution in [0.5, 0.6) is 0 Å². The van der Waals surface area contributed by atoms with Crippen LogP contribution >= 0.6 is 0 Å². The Morgan fingerprint density at radius 1 is 0.390 bits per heavy atom. The molecule has 5 heteroatoms. The molecule has 4 aromatic heterocycles. The van der Waals surface area contributed by atoms with Gasteiger partial charge in [-0.2, -0.15) is 0 Å². The molecule has 0 saturated heterocycles. The van der Waals surface area contributed by atoms with Gasteiger partial charge in [0.25, 0.3) is 0 Å². The Hall–Kier alpha value is -8.02. The van der Waals surface area contributed by atoms with Crippen molar-refractivity contribution in [3.63, 3.8) is 0 Å². The smallest absolute Gasteiger partial charge is 0.180 e. The highest BCUT2D eigenvalue weighted by Crippen LogP contribution is 2.46. The molecule has 5 nitrogen and oxygen atoms in total. The molecule has 0 bridgehead atoms. The van der Waals surface area contributed by atoms with E-state index < -0.39 is 0 Å². The average Bonchev–Trinajstić information content (AvgIpc) is 3.97. The van der Waals surface area contributed by atoms with Crippen molar-refractivity contribution >= 4 is 87.4 Å². The molecule has 4 heterocycles. The minimum atomic E-state index is 0.652. The van der Waals surface area contributed by atoms with E-state index in [9.17, 15) is 0 Å². The molecule has 0 N–H and O–H groups in total. The van der Waals surface area contributed by atoms with E-state index in [1.165, 1.54) is 21.5 Å². The second-order valence-electron chi connectivity index (χ2n) is 15.3. The first-order valence-corrected chi connectivity index (χ1v) is 19.9. The monoisotopic (exact) mass is 753 g/mol. The van der Waals surface area contributed by atoms with E-state index in [4.69, 9.17) is 18.8 Å². The van der Waals surface area contributed by atoms with Gasteiger partial charge in [0, 0.05) is 43.8 Å². The van der Waals surface area contributed by atoms with Crippen molar-refractivity contribution in [3.05, 3.63) is 188 Å². The van der Waals surface area contributed by atoms with Gasteiger partial charge in [0.2, 0.25) is 0 Å². The van der Waals surface area contributed by atoms with Crippen molar-refractivity contribution < 1.29 is 8.83 Å². The number of hydrogen-bond donors (Lipinski definition) is 0. The molecular formula is C54H31N3O2. The van der Waals surface area contributed by atoms with Gasteiger partial charge in [-0.05, 0) is 70.1 Å². The van der Waals surface area contributed by atoms with Crippen molar-refractivity contribution in [3.8, 4) is 39.5 Å². The van der Waals surface area contributed by atoms with E-state index in [0.717, 1.165) is 93.9 Å². The summed E-state index contributed by atoms with van der Waals surface area (Å²) in [5, 5.41) is 10.2. The molecule has 0 spiro atoms. The summed E-state index contributed by atoms with van der Waals surface area (Å²) >= 11 is 0. The summed E-state index contributed by atoms with van der Waals surface area (Å²) in [4.78, 5) is 10.3. The minimum absolute atomic E-state index is 0.652. The second-order valence-corrected chi connectivity index (χ2v) is 15.3. The average molecular weight is 754 g/mol. The first kappa shape index (κ1) is 32.1. The molecule has 0 amide bonds. The molecule has 59 heavy (non-hydrogen) atoms. The molecule has 0 unspecified atom stereocenters. The molecule has 0 atom stereocenters. The summed E-state index contributed by atoms with van der Waals surface area (Å²) < 4.78 is 16.5. The van der Waals surface area contributed by atoms with Gasteiger partial charge in [0.1, 0.15) is 28.0 Å². The lowest BCUT2D eigenvalue weighted by molar-refractivity contribution is 0.664. The van der Waals surface area contributed by atoms with Gasteiger partial charge < -0.3 is 13.4 Å². The van der Waals surface area contributed by atoms with Crippen LogP contribution < -0.4 is 0 Å². The van der Waals surface area contributed by atoms with Crippen molar-refractivity contribution in [1.29, 1.82) is 0 Å². The van der Waals surface area contributed by atoms with Crippen LogP contribution in [0.2, 0.25) is 0 Å². The predicted molar refractivity (Wildman–Crippen MR) is 242 cm³/mol. The maximum absolute atomic E-state index is 7.09. The SMILES string of the molecule is c1ccc(-c2nc(-c3ccccc3)c3oc4c(-c5ccc(-n6c7ccccc7c7cc8ccccc8cc76)c6c5oc5cc7ccccc7cc56)cccc4c3n2)cc1. The lowest BCUT2D eigenvalue weighted by atomic mass is 9.98. The fourth-order valence-electron chi connectivity index (χ4n) is 9.25. The van der Waals surface area contributed by atoms with E-state index >= 15 is 0 Å². The van der Waals surface area contributed by atoms with E-state index in [0.29, 0.717) is 11.4 Å². The molecule has 0 aliphatic rings. The number of fused-ring (bicyclic) bond motifs is 11. The van der Waals surface area contributed by atoms with E-state index in [1.54, 1.807) is 0 Å². The molecule has 13 aromatic rings. The van der Waals surface area contributed by atoms with Gasteiger partial charge in [-0.15, -0.1) is 0 Å². The highest BCUT2D eigenvalue weighted by atomic mass is 16.3. The van der Waals surface area contributed by atoms with Crippen molar-refractivity contribution in [2.24, 2.45) is 0 Å². The van der Waals surface area contributed by atoms with Crippen LogP contribution in [0.15, 0.2) is 197 Å². The van der Waals surface area contributed by atoms with Gasteiger partial charge in [-0.1, -0.05) is 140 Å². The van der Waals surface area contributed by atoms with Gasteiger partial charge in [0.15, 0.2) is 11.4 Å². The van der Waals surface area contributed by atoms with Crippen LogP contribution in [0, 0.1) is 0 Å². The number of nitrogens with zero attached hydrogens (tertiary/aromatic N) is 3. The number of rotatable bonds is 4. The Bertz CT molecular complexity index is 3840. The maximum Gasteiger partial charge on any atom is 0.180 e. The van der Waals surface area contributed by atoms with Crippen molar-refractivity contribution in [1.82, 2.24) is 14.5 Å². The zero-order valence-corrected chi connectivity index (χ0v) is 31.6. The van der Waals surface area contributed by atoms with Crippen LogP contribution in [0.3, 0.4) is 0 Å². The molecule has 0 aliphatic heterocycles. The molecule has 274 valence electrons. The summed E-state index contributed by atoms with van der Waals surface area (Å²) in [5.41, 5.74) is 11.7. The highest BCUT2D eigenvalue weighted by Gasteiger charge is 2.25. The first-order chi connectivity index (χ1) is 29.2. The Balaban J connectivity index is 1.14. The summed E-state index contributed by atoms with van der Waals surface area (Å²) in [6.45, 7) is 0. The van der Waals surface area contributed by atoms with Gasteiger partial charge in [-0.25, -0.2) is 9.97 Å². The number of furan rings is 2. The van der Waals surface area contributed by atoms with Crippen LogP contribution in [0.4, 0.5) is 0 Å². The number of aromatic nitrogens is 3. The number of benzene rings is 9. The summed E-state index contributed by atoms with van der Waals surface area (Å²) in [5.74, 6) is 0.653. The minimum Gasteiger partial charge on any atom is -0.455 e. The Labute approximate surface area is 337 Å². The fourth-order valence-corrected chi connectivity index (χ4v) is 9.25. The van der Waals surface area contributed by atoms with Crippen LogP contribution in [-0.4, -0.2) is 14.5 Å². The molecule has 0 aliphatic carbocycles. The summed E-state index contributed by atoms with van der Waals surface area (Å²) in [6.07, 6.45) is 0. The topological polar surface area (TPSA) is 57.0 Å². The standard InChI is InChI=1S/C54H31N3O2/c1-3-14-32(15-4-1)49-53-50(56-54(55-49)33-16-5-2-6-17-33)41-24-13-23-39(51(41)59-53)40-26-27-45(48-43-29-35-19-8-10-21-37(35)31-47(43)58-52(40)48)57-44-25-12-11-22-38(44)42-28-34-18-7-9-20-36(34)30-46(42)57/h1-31H. The largest absolute Gasteiger partial charge is 0.455 e. The maximum atomic E-state index is 7.09. The van der Waals surface area contributed by atoms with Gasteiger partial charge in [0.05, 0.1) is 22.1 Å². The number of hydrogen-bond acceptors (Lipinski definition) is 4. The molecule has 0 fully saturated rings. The molecular weight excluding hydrogens is 723 g/mol. The first-order valence-electron chi connectivity index (χ1n) is 19.9. The lowest BCUT2D eigenvalue weighted by Crippen LogP contribution is -1.96. The summed E-state index contributed by atoms with van der Waals surface area (Å²) in [7, 11) is 0. The zero-order chi connectivity index (χ0) is 38.6. The Morgan fingerprint density at radius 2 is 1.02 bits per heavy atom. The third-order valence-electron chi connectivity index (χ3n) is 12.0. The third kappa shape index (κ3) is 4.73. The fraction of sp³-hybridized carbons (Fsp3) is 0. The lowest BCUT2D eigenvalue weighted by Gasteiger charge is -2.13. The highest BCUT2D eigenvalue weighted by molar-refractivity contribution is 6.21. The van der Waals surface area contributed by atoms with Gasteiger partial charge >= 0.3 is 0 Å². The van der Waals surface area contributed by atoms with E-state index in [-0.39, 0.29) is 0 Å². The third-order valence-corrected chi connectivity index (χ3v) is 12.0. The van der Waals surface area contributed by atoms with E-state index in [1.807, 2.05) is 48.5 Å². The second kappa shape index (κ2) is 12.2. The van der Waals surface area contributed by atoms with Crippen LogP contribution in [0.1, 0.15) is 0 Å². The summed E-state index contributed by atoms with van der Waals surface area (Å²) in [6, 6.07) is 66.0. The predicted octanol–water partition coefficient (Wildman–Crippen LogP) is 14.7. The Kier molecular flexibility index (Phi) is 6.66. The van der Waals surface area contributed by atoms with E-state index in [2.05, 4.69) is 144 Å². The number of para-hydroxylation sites is 2. The van der Waals surface area contributed by atoms with Crippen molar-refractivity contribution in [2.75, 3.05) is 0 Å². The molecule has 0 radical (unpaired) electrons. The molecule has 13 rings (SSSR count). The molecule has 9 aromatic carbocycles. The van der Waals surface area contributed by atoms with Crippen LogP contribution in [-0.2, 0) is 0 Å². The zero-order valence-electron chi connectivity index (χ0n) is 31.6. The quantitative estimate of drug-likeness (QED) is 0.180. The Morgan fingerprint density at radius 3 is 1.80 bits per heavy atom. The van der Waals surface area contributed by atoms with Crippen molar-refractivity contribution in [2.45, 2.75) is 0 Å².